The molecule has 9 nitrogen and oxygen atoms in total. The summed E-state index contributed by atoms with van der Waals surface area (Å²) < 4.78 is 29.7. The summed E-state index contributed by atoms with van der Waals surface area (Å²) in [4.78, 5) is 10.1. The van der Waals surface area contributed by atoms with Crippen LogP contribution in [0.15, 0.2) is 82.8 Å². The number of nitro benzene ring substituents is 1. The van der Waals surface area contributed by atoms with E-state index < -0.39 is 14.9 Å². The van der Waals surface area contributed by atoms with Crippen LogP contribution in [0, 0.1) is 10.1 Å². The molecule has 180 valence electrons. The number of thioether (sulfide) groups is 1. The maximum atomic E-state index is 12.8. The molecule has 13 heteroatoms. The number of benzene rings is 3. The minimum Gasteiger partial charge on any atom is -0.271 e. The van der Waals surface area contributed by atoms with E-state index in [1.165, 1.54) is 23.9 Å². The summed E-state index contributed by atoms with van der Waals surface area (Å²) in [6, 6.07) is 19.3. The molecule has 35 heavy (non-hydrogen) atoms. The topological polar surface area (TPSA) is 120 Å². The first-order chi connectivity index (χ1) is 16.7. The molecule has 0 fully saturated rings. The summed E-state index contributed by atoms with van der Waals surface area (Å²) in [6.45, 7) is -0.207. The van der Waals surface area contributed by atoms with Gasteiger partial charge in [0.15, 0.2) is 11.0 Å². The number of nitrogens with zero attached hydrogens (tertiary/aromatic N) is 4. The fraction of sp³-hybridized carbons (Fsp3) is 0.0909. The van der Waals surface area contributed by atoms with Crippen LogP contribution in [0.4, 0.5) is 5.69 Å². The quantitative estimate of drug-likeness (QED) is 0.172. The Balaban J connectivity index is 1.63. The number of aromatic nitrogens is 3. The fourth-order valence-electron chi connectivity index (χ4n) is 3.12. The lowest BCUT2D eigenvalue weighted by molar-refractivity contribution is -0.384. The number of rotatable bonds is 9. The molecule has 4 aromatic rings. The molecule has 0 unspecified atom stereocenters. The average Bonchev–Trinajstić information content (AvgIpc) is 3.26. The Morgan fingerprint density at radius 1 is 1.00 bits per heavy atom. The van der Waals surface area contributed by atoms with Crippen molar-refractivity contribution >= 4 is 50.7 Å². The first-order valence-electron chi connectivity index (χ1n) is 10.0. The fourth-order valence-corrected chi connectivity index (χ4v) is 5.39. The van der Waals surface area contributed by atoms with E-state index in [0.29, 0.717) is 26.6 Å². The SMILES string of the molecule is O=[N+]([O-])c1ccc(S(=O)(=O)NCc2nnc(SCc3ccccc3)n2-c2cc(Cl)ccc2Cl)cc1. The van der Waals surface area contributed by atoms with E-state index in [1.54, 1.807) is 22.8 Å². The summed E-state index contributed by atoms with van der Waals surface area (Å²) in [6.07, 6.45) is 0. The number of hydrogen-bond donors (Lipinski definition) is 1. The molecule has 0 aliphatic carbocycles. The molecule has 0 atom stereocenters. The highest BCUT2D eigenvalue weighted by atomic mass is 35.5. The van der Waals surface area contributed by atoms with E-state index in [-0.39, 0.29) is 23.0 Å². The summed E-state index contributed by atoms with van der Waals surface area (Å²) in [5, 5.41) is 20.6. The zero-order chi connectivity index (χ0) is 25.0. The van der Waals surface area contributed by atoms with Gasteiger partial charge in [-0.2, -0.15) is 0 Å². The van der Waals surface area contributed by atoms with Crippen molar-refractivity contribution in [3.05, 3.63) is 104 Å². The van der Waals surface area contributed by atoms with Crippen molar-refractivity contribution in [1.82, 2.24) is 19.5 Å². The predicted molar refractivity (Wildman–Crippen MR) is 135 cm³/mol. The van der Waals surface area contributed by atoms with Crippen LogP contribution in [-0.4, -0.2) is 28.1 Å². The Morgan fingerprint density at radius 2 is 1.71 bits per heavy atom. The van der Waals surface area contributed by atoms with Crippen molar-refractivity contribution in [2.45, 2.75) is 22.3 Å². The highest BCUT2D eigenvalue weighted by Gasteiger charge is 2.21. The molecule has 1 N–H and O–H groups in total. The van der Waals surface area contributed by atoms with Gasteiger partial charge in [-0.05, 0) is 35.9 Å². The number of halogens is 2. The Hall–Kier alpha value is -2.96. The Bertz CT molecular complexity index is 1460. The van der Waals surface area contributed by atoms with Crippen molar-refractivity contribution in [2.24, 2.45) is 0 Å². The molecule has 1 heterocycles. The maximum absolute atomic E-state index is 12.8. The molecule has 0 bridgehead atoms. The third-order valence-electron chi connectivity index (χ3n) is 4.84. The summed E-state index contributed by atoms with van der Waals surface area (Å²) in [5.74, 6) is 0.890. The van der Waals surface area contributed by atoms with Gasteiger partial charge < -0.3 is 0 Å². The lowest BCUT2D eigenvalue weighted by Gasteiger charge is -2.13. The Morgan fingerprint density at radius 3 is 2.40 bits per heavy atom. The lowest BCUT2D eigenvalue weighted by atomic mass is 10.2. The zero-order valence-corrected chi connectivity index (χ0v) is 21.0. The summed E-state index contributed by atoms with van der Waals surface area (Å²) in [7, 11) is -3.98. The van der Waals surface area contributed by atoms with Gasteiger partial charge in [0.25, 0.3) is 5.69 Å². The number of nitrogens with one attached hydrogen (secondary N) is 1. The highest BCUT2D eigenvalue weighted by molar-refractivity contribution is 7.98. The maximum Gasteiger partial charge on any atom is 0.269 e. The lowest BCUT2D eigenvalue weighted by Crippen LogP contribution is -2.25. The van der Waals surface area contributed by atoms with Gasteiger partial charge in [0.05, 0.1) is 27.1 Å². The third kappa shape index (κ3) is 6.00. The van der Waals surface area contributed by atoms with Crippen LogP contribution >= 0.6 is 35.0 Å². The van der Waals surface area contributed by atoms with Crippen LogP contribution in [0.25, 0.3) is 5.69 Å². The standard InChI is InChI=1S/C22H17Cl2N5O4S2/c23-16-6-11-19(24)20(12-16)28-21(26-27-22(28)34-14-15-4-2-1-3-5-15)13-25-35(32,33)18-9-7-17(8-10-18)29(30)31/h1-12,25H,13-14H2. The monoisotopic (exact) mass is 549 g/mol. The highest BCUT2D eigenvalue weighted by Crippen LogP contribution is 2.31. The normalized spacial score (nSPS) is 11.5. The zero-order valence-electron chi connectivity index (χ0n) is 17.8. The van der Waals surface area contributed by atoms with Gasteiger partial charge in [0.1, 0.15) is 0 Å². The Labute approximate surface area is 215 Å². The van der Waals surface area contributed by atoms with Gasteiger partial charge in [-0.15, -0.1) is 10.2 Å². The largest absolute Gasteiger partial charge is 0.271 e. The van der Waals surface area contributed by atoms with Crippen molar-refractivity contribution in [2.75, 3.05) is 0 Å². The Kier molecular flexibility index (Phi) is 7.72. The smallest absolute Gasteiger partial charge is 0.269 e. The van der Waals surface area contributed by atoms with Gasteiger partial charge in [-0.1, -0.05) is 65.3 Å². The summed E-state index contributed by atoms with van der Waals surface area (Å²) >= 11 is 14.0. The van der Waals surface area contributed by atoms with Crippen LogP contribution < -0.4 is 4.72 Å². The minimum atomic E-state index is -3.98. The van der Waals surface area contributed by atoms with Crippen LogP contribution in [0.1, 0.15) is 11.4 Å². The number of non-ortho nitro benzene ring substituents is 1. The van der Waals surface area contributed by atoms with Crippen LogP contribution in [0.2, 0.25) is 10.0 Å². The van der Waals surface area contributed by atoms with Crippen LogP contribution in [-0.2, 0) is 22.3 Å². The van der Waals surface area contributed by atoms with Gasteiger partial charge in [-0.3, -0.25) is 14.7 Å². The van der Waals surface area contributed by atoms with E-state index in [2.05, 4.69) is 14.9 Å². The molecule has 0 amide bonds. The minimum absolute atomic E-state index is 0.117. The van der Waals surface area contributed by atoms with E-state index >= 15 is 0 Å². The van der Waals surface area contributed by atoms with Gasteiger partial charge in [-0.25, -0.2) is 13.1 Å². The van der Waals surface area contributed by atoms with Crippen molar-refractivity contribution in [3.63, 3.8) is 0 Å². The van der Waals surface area contributed by atoms with E-state index in [9.17, 15) is 18.5 Å². The van der Waals surface area contributed by atoms with E-state index in [4.69, 9.17) is 23.2 Å². The van der Waals surface area contributed by atoms with E-state index in [0.717, 1.165) is 17.7 Å². The van der Waals surface area contributed by atoms with Crippen molar-refractivity contribution in [3.8, 4) is 5.69 Å². The second-order valence-corrected chi connectivity index (χ2v) is 10.7. The molecule has 1 aromatic heterocycles. The molecule has 0 spiro atoms. The molecular weight excluding hydrogens is 533 g/mol. The number of sulfonamides is 1. The molecule has 4 rings (SSSR count). The predicted octanol–water partition coefficient (Wildman–Crippen LogP) is 5.25. The molecule has 3 aromatic carbocycles. The molecule has 0 radical (unpaired) electrons. The molecule has 0 saturated heterocycles. The van der Waals surface area contributed by atoms with Crippen LogP contribution in [0.3, 0.4) is 0 Å². The second kappa shape index (κ2) is 10.8. The first kappa shape index (κ1) is 25.1. The average molecular weight is 550 g/mol. The van der Waals surface area contributed by atoms with Gasteiger partial charge in [0, 0.05) is 22.9 Å². The molecular formula is C22H17Cl2N5O4S2. The van der Waals surface area contributed by atoms with Crippen molar-refractivity contribution < 1.29 is 13.3 Å². The third-order valence-corrected chi connectivity index (χ3v) is 7.81. The van der Waals surface area contributed by atoms with Crippen LogP contribution in [0.5, 0.6) is 0 Å². The number of hydrogen-bond acceptors (Lipinski definition) is 7. The second-order valence-electron chi connectivity index (χ2n) is 7.18. The molecule has 0 saturated carbocycles. The molecule has 0 aliphatic rings. The molecule has 0 aliphatic heterocycles. The van der Waals surface area contributed by atoms with Gasteiger partial charge in [0.2, 0.25) is 10.0 Å². The first-order valence-corrected chi connectivity index (χ1v) is 13.3. The van der Waals surface area contributed by atoms with Gasteiger partial charge >= 0.3 is 0 Å². The number of nitro groups is 1. The summed E-state index contributed by atoms with van der Waals surface area (Å²) in [5.41, 5.74) is 1.37. The van der Waals surface area contributed by atoms with E-state index in [1.807, 2.05) is 30.3 Å². The van der Waals surface area contributed by atoms with Crippen molar-refractivity contribution in [1.29, 1.82) is 0 Å².